The second-order valence-electron chi connectivity index (χ2n) is 2.82. The van der Waals surface area contributed by atoms with Crippen LogP contribution in [0.4, 0.5) is 0 Å². The molecule has 7 heteroatoms. The lowest BCUT2D eigenvalue weighted by molar-refractivity contribution is 0.313. The quantitative estimate of drug-likeness (QED) is 0.849. The van der Waals surface area contributed by atoms with Gasteiger partial charge in [-0.2, -0.15) is 4.37 Å². The largest absolute Gasteiger partial charge is 0.474 e. The maximum Gasteiger partial charge on any atom is 0.265 e. The van der Waals surface area contributed by atoms with Crippen molar-refractivity contribution >= 4 is 34.7 Å². The lowest BCUT2D eigenvalue weighted by atomic mass is 10.3. The summed E-state index contributed by atoms with van der Waals surface area (Å²) in [7, 11) is 0. The van der Waals surface area contributed by atoms with Crippen molar-refractivity contribution in [2.24, 2.45) is 0 Å². The SMILES string of the molecule is Cc1ncsc1CCOc1nsnc1Cl. The van der Waals surface area contributed by atoms with Gasteiger partial charge in [-0.25, -0.2) is 4.98 Å². The molecule has 0 fully saturated rings. The first-order chi connectivity index (χ1) is 7.27. The number of hydrogen-bond acceptors (Lipinski definition) is 6. The second kappa shape index (κ2) is 4.87. The molecule has 0 bridgehead atoms. The van der Waals surface area contributed by atoms with Crippen molar-refractivity contribution in [1.82, 2.24) is 13.7 Å². The molecule has 0 aliphatic heterocycles. The fourth-order valence-electron chi connectivity index (χ4n) is 1.06. The van der Waals surface area contributed by atoms with E-state index in [0.717, 1.165) is 23.8 Å². The molecule has 0 unspecified atom stereocenters. The van der Waals surface area contributed by atoms with Crippen LogP contribution in [-0.2, 0) is 6.42 Å². The Balaban J connectivity index is 1.86. The highest BCUT2D eigenvalue weighted by Crippen LogP contribution is 2.21. The molecule has 0 saturated carbocycles. The lowest BCUT2D eigenvalue weighted by Crippen LogP contribution is -2.01. The van der Waals surface area contributed by atoms with Crippen LogP contribution in [0.25, 0.3) is 0 Å². The van der Waals surface area contributed by atoms with Gasteiger partial charge in [0.15, 0.2) is 0 Å². The Bertz CT molecular complexity index is 402. The Hall–Kier alpha value is -0.720. The topological polar surface area (TPSA) is 47.9 Å². The smallest absolute Gasteiger partial charge is 0.265 e. The van der Waals surface area contributed by atoms with E-state index in [1.54, 1.807) is 11.3 Å². The highest BCUT2D eigenvalue weighted by Gasteiger charge is 2.07. The summed E-state index contributed by atoms with van der Waals surface area (Å²) in [6.07, 6.45) is 0.824. The van der Waals surface area contributed by atoms with E-state index in [4.69, 9.17) is 16.3 Å². The minimum Gasteiger partial charge on any atom is -0.474 e. The van der Waals surface area contributed by atoms with Crippen LogP contribution in [0, 0.1) is 6.92 Å². The standard InChI is InChI=1S/C8H8ClN3OS2/c1-5-6(14-4-10-5)2-3-13-8-7(9)11-15-12-8/h4H,2-3H2,1H3. The molecule has 80 valence electrons. The summed E-state index contributed by atoms with van der Waals surface area (Å²) < 4.78 is 13.1. The fraction of sp³-hybridized carbons (Fsp3) is 0.375. The number of hydrogen-bond donors (Lipinski definition) is 0. The Morgan fingerprint density at radius 1 is 1.47 bits per heavy atom. The van der Waals surface area contributed by atoms with Crippen molar-refractivity contribution in [2.75, 3.05) is 6.61 Å². The lowest BCUT2D eigenvalue weighted by Gasteiger charge is -2.01. The van der Waals surface area contributed by atoms with Gasteiger partial charge in [-0.15, -0.1) is 15.7 Å². The zero-order valence-corrected chi connectivity index (χ0v) is 10.3. The molecule has 2 rings (SSSR count). The first-order valence-corrected chi connectivity index (χ1v) is 6.26. The highest BCUT2D eigenvalue weighted by molar-refractivity contribution is 7.09. The van der Waals surface area contributed by atoms with Crippen LogP contribution in [0.1, 0.15) is 10.6 Å². The Labute approximate surface area is 100 Å². The molecule has 0 amide bonds. The van der Waals surface area contributed by atoms with Gasteiger partial charge in [-0.3, -0.25) is 0 Å². The monoisotopic (exact) mass is 261 g/mol. The van der Waals surface area contributed by atoms with Crippen molar-refractivity contribution in [3.05, 3.63) is 21.2 Å². The van der Waals surface area contributed by atoms with Crippen molar-refractivity contribution in [2.45, 2.75) is 13.3 Å². The van der Waals surface area contributed by atoms with E-state index in [0.29, 0.717) is 17.6 Å². The van der Waals surface area contributed by atoms with E-state index in [1.165, 1.54) is 4.88 Å². The van der Waals surface area contributed by atoms with Gasteiger partial charge in [0.05, 0.1) is 29.5 Å². The first-order valence-electron chi connectivity index (χ1n) is 4.27. The van der Waals surface area contributed by atoms with Crippen LogP contribution < -0.4 is 4.74 Å². The maximum absolute atomic E-state index is 5.73. The number of halogens is 1. The molecular weight excluding hydrogens is 254 g/mol. The molecule has 2 heterocycles. The van der Waals surface area contributed by atoms with Crippen LogP contribution in [0.3, 0.4) is 0 Å². The first kappa shape index (κ1) is 10.8. The van der Waals surface area contributed by atoms with Crippen LogP contribution in [0.2, 0.25) is 5.15 Å². The molecule has 0 aliphatic rings. The van der Waals surface area contributed by atoms with Crippen molar-refractivity contribution in [1.29, 1.82) is 0 Å². The third-order valence-corrected chi connectivity index (χ3v) is 3.69. The molecule has 0 aliphatic carbocycles. The molecule has 0 saturated heterocycles. The number of rotatable bonds is 4. The van der Waals surface area contributed by atoms with Crippen molar-refractivity contribution in [3.63, 3.8) is 0 Å². The van der Waals surface area contributed by atoms with E-state index in [2.05, 4.69) is 13.7 Å². The predicted octanol–water partition coefficient (Wildman–Crippen LogP) is 2.58. The summed E-state index contributed by atoms with van der Waals surface area (Å²) in [6, 6.07) is 0. The summed E-state index contributed by atoms with van der Waals surface area (Å²) in [4.78, 5) is 5.39. The maximum atomic E-state index is 5.73. The van der Waals surface area contributed by atoms with Crippen molar-refractivity contribution in [3.8, 4) is 5.88 Å². The number of aromatic nitrogens is 3. The van der Waals surface area contributed by atoms with Gasteiger partial charge in [0.1, 0.15) is 0 Å². The van der Waals surface area contributed by atoms with E-state index >= 15 is 0 Å². The Morgan fingerprint density at radius 2 is 2.33 bits per heavy atom. The zero-order chi connectivity index (χ0) is 10.7. The molecule has 2 aromatic rings. The van der Waals surface area contributed by atoms with Gasteiger partial charge >= 0.3 is 0 Å². The number of aryl methyl sites for hydroxylation is 1. The van der Waals surface area contributed by atoms with Crippen LogP contribution in [0.5, 0.6) is 5.88 Å². The van der Waals surface area contributed by atoms with Crippen LogP contribution in [-0.4, -0.2) is 20.3 Å². The molecule has 0 atom stereocenters. The minimum absolute atomic E-state index is 0.334. The van der Waals surface area contributed by atoms with Gasteiger partial charge < -0.3 is 4.74 Å². The number of nitrogens with zero attached hydrogens (tertiary/aromatic N) is 3. The average molecular weight is 262 g/mol. The van der Waals surface area contributed by atoms with E-state index in [9.17, 15) is 0 Å². The molecule has 0 spiro atoms. The molecule has 4 nitrogen and oxygen atoms in total. The summed E-state index contributed by atoms with van der Waals surface area (Å²) in [6.45, 7) is 2.54. The normalized spacial score (nSPS) is 10.5. The van der Waals surface area contributed by atoms with E-state index in [-0.39, 0.29) is 0 Å². The van der Waals surface area contributed by atoms with E-state index in [1.807, 2.05) is 12.4 Å². The third-order valence-electron chi connectivity index (χ3n) is 1.83. The number of thiazole rings is 1. The van der Waals surface area contributed by atoms with Gasteiger partial charge in [0.2, 0.25) is 5.15 Å². The molecular formula is C8H8ClN3OS2. The fourth-order valence-corrected chi connectivity index (χ4v) is 2.47. The third kappa shape index (κ3) is 2.64. The van der Waals surface area contributed by atoms with Gasteiger partial charge in [0.25, 0.3) is 5.88 Å². The van der Waals surface area contributed by atoms with Gasteiger partial charge in [-0.05, 0) is 6.92 Å². The zero-order valence-electron chi connectivity index (χ0n) is 7.94. The number of ether oxygens (including phenoxy) is 1. The van der Waals surface area contributed by atoms with Crippen LogP contribution in [0.15, 0.2) is 5.51 Å². The highest BCUT2D eigenvalue weighted by atomic mass is 35.5. The van der Waals surface area contributed by atoms with Crippen LogP contribution >= 0.6 is 34.7 Å². The molecule has 0 radical (unpaired) electrons. The summed E-state index contributed by atoms with van der Waals surface area (Å²) in [5.41, 5.74) is 2.90. The summed E-state index contributed by atoms with van der Waals surface area (Å²) in [5, 5.41) is 0.334. The van der Waals surface area contributed by atoms with Gasteiger partial charge in [0, 0.05) is 11.3 Å². The van der Waals surface area contributed by atoms with E-state index < -0.39 is 0 Å². The molecule has 15 heavy (non-hydrogen) atoms. The molecule has 0 N–H and O–H groups in total. The molecule has 0 aromatic carbocycles. The second-order valence-corrected chi connectivity index (χ2v) is 4.65. The van der Waals surface area contributed by atoms with Crippen molar-refractivity contribution < 1.29 is 4.74 Å². The predicted molar refractivity (Wildman–Crippen MR) is 61.0 cm³/mol. The van der Waals surface area contributed by atoms with Gasteiger partial charge in [-0.1, -0.05) is 11.6 Å². The molecule has 2 aromatic heterocycles. The minimum atomic E-state index is 0.334. The Morgan fingerprint density at radius 3 is 2.93 bits per heavy atom. The summed E-state index contributed by atoms with van der Waals surface area (Å²) in [5.74, 6) is 0.420. The summed E-state index contributed by atoms with van der Waals surface area (Å²) >= 11 is 8.42. The Kier molecular flexibility index (Phi) is 3.50. The average Bonchev–Trinajstić information content (AvgIpc) is 2.78.